The molecule has 0 aromatic carbocycles. The molecule has 26 heavy (non-hydrogen) atoms. The number of likely N-dealkylation sites (tertiary alicyclic amines) is 1. The number of piperazine rings is 1. The van der Waals surface area contributed by atoms with Crippen LogP contribution in [0.2, 0.25) is 0 Å². The normalized spacial score (nSPS) is 25.8. The summed E-state index contributed by atoms with van der Waals surface area (Å²) in [7, 11) is 2.22. The summed E-state index contributed by atoms with van der Waals surface area (Å²) in [6.07, 6.45) is 4.42. The average molecular weight is 378 g/mol. The Kier molecular flexibility index (Phi) is 6.10. The Bertz CT molecular complexity index is 646. The van der Waals surface area contributed by atoms with E-state index in [0.717, 1.165) is 51.3 Å². The average Bonchev–Trinajstić information content (AvgIpc) is 3.02. The first kappa shape index (κ1) is 19.5. The van der Waals surface area contributed by atoms with Gasteiger partial charge >= 0.3 is 0 Å². The number of carbonyl (C=O) groups excluding carboxylic acids is 1. The molecule has 144 valence electrons. The smallest absolute Gasteiger partial charge is 0.222 e. The van der Waals surface area contributed by atoms with Crippen molar-refractivity contribution in [2.45, 2.75) is 51.1 Å². The van der Waals surface area contributed by atoms with Crippen molar-refractivity contribution in [3.63, 3.8) is 0 Å². The van der Waals surface area contributed by atoms with E-state index in [0.29, 0.717) is 18.9 Å². The molecule has 3 heterocycles. The lowest BCUT2D eigenvalue weighted by Gasteiger charge is -2.49. The highest BCUT2D eigenvalue weighted by Gasteiger charge is 2.42. The maximum atomic E-state index is 12.4. The Hall–Kier alpha value is -1.31. The summed E-state index contributed by atoms with van der Waals surface area (Å²) in [4.78, 5) is 20.7. The van der Waals surface area contributed by atoms with Crippen LogP contribution in [0.3, 0.4) is 0 Å². The number of rotatable bonds is 5. The molecule has 2 fully saturated rings. The van der Waals surface area contributed by atoms with Crippen molar-refractivity contribution in [3.8, 4) is 0 Å². The number of hydrogen-bond donors (Lipinski definition) is 0. The molecular formula is C19H31N5OS. The van der Waals surface area contributed by atoms with Gasteiger partial charge in [0, 0.05) is 51.2 Å². The Morgan fingerprint density at radius 3 is 2.85 bits per heavy atom. The molecule has 7 heteroatoms. The molecule has 3 rings (SSSR count). The van der Waals surface area contributed by atoms with Crippen molar-refractivity contribution in [2.75, 3.05) is 39.8 Å². The first-order chi connectivity index (χ1) is 12.4. The summed E-state index contributed by atoms with van der Waals surface area (Å²) in [6, 6.07) is 0. The van der Waals surface area contributed by atoms with Crippen LogP contribution in [0.4, 0.5) is 0 Å². The van der Waals surface area contributed by atoms with Gasteiger partial charge in [-0.05, 0) is 37.3 Å². The Balaban J connectivity index is 1.72. The van der Waals surface area contributed by atoms with Crippen LogP contribution in [0.5, 0.6) is 0 Å². The first-order valence-corrected chi connectivity index (χ1v) is 10.4. The maximum absolute atomic E-state index is 12.4. The summed E-state index contributed by atoms with van der Waals surface area (Å²) >= 11 is 1.53. The molecule has 6 nitrogen and oxygen atoms in total. The van der Waals surface area contributed by atoms with Gasteiger partial charge in [-0.1, -0.05) is 24.4 Å². The Morgan fingerprint density at radius 2 is 2.12 bits per heavy atom. The highest BCUT2D eigenvalue weighted by atomic mass is 32.1. The SMILES string of the molecule is C=CCN1CC[C@@]2(CCC1=O)CN(Cc1snnc1C(C)C)CCN2C. The van der Waals surface area contributed by atoms with Gasteiger partial charge in [0.1, 0.15) is 0 Å². The highest BCUT2D eigenvalue weighted by molar-refractivity contribution is 7.05. The molecule has 0 radical (unpaired) electrons. The van der Waals surface area contributed by atoms with Crippen LogP contribution < -0.4 is 0 Å². The van der Waals surface area contributed by atoms with Gasteiger partial charge in [0.2, 0.25) is 5.91 Å². The van der Waals surface area contributed by atoms with E-state index in [1.54, 1.807) is 0 Å². The zero-order valence-electron chi connectivity index (χ0n) is 16.3. The molecule has 2 aliphatic heterocycles. The molecule has 1 atom stereocenters. The predicted molar refractivity (Wildman–Crippen MR) is 105 cm³/mol. The number of nitrogens with zero attached hydrogens (tertiary/aromatic N) is 5. The van der Waals surface area contributed by atoms with Gasteiger partial charge in [0.05, 0.1) is 10.6 Å². The van der Waals surface area contributed by atoms with Crippen molar-refractivity contribution < 1.29 is 4.79 Å². The minimum Gasteiger partial charge on any atom is -0.339 e. The van der Waals surface area contributed by atoms with Gasteiger partial charge in [0.15, 0.2) is 0 Å². The van der Waals surface area contributed by atoms with E-state index in [1.807, 2.05) is 11.0 Å². The van der Waals surface area contributed by atoms with Crippen LogP contribution >= 0.6 is 11.5 Å². The number of carbonyl (C=O) groups is 1. The quantitative estimate of drug-likeness (QED) is 0.737. The molecule has 1 aromatic heterocycles. The number of aromatic nitrogens is 2. The van der Waals surface area contributed by atoms with Crippen LogP contribution in [0.25, 0.3) is 0 Å². The molecule has 0 aliphatic carbocycles. The predicted octanol–water partition coefficient (Wildman–Crippen LogP) is 2.35. The van der Waals surface area contributed by atoms with Gasteiger partial charge in [-0.2, -0.15) is 0 Å². The number of likely N-dealkylation sites (N-methyl/N-ethyl adjacent to an activating group) is 1. The van der Waals surface area contributed by atoms with E-state index in [1.165, 1.54) is 16.4 Å². The highest BCUT2D eigenvalue weighted by Crippen LogP contribution is 2.33. The fraction of sp³-hybridized carbons (Fsp3) is 0.737. The molecule has 0 unspecified atom stereocenters. The lowest BCUT2D eigenvalue weighted by atomic mass is 9.86. The molecule has 0 bridgehead atoms. The topological polar surface area (TPSA) is 52.6 Å². The molecular weight excluding hydrogens is 346 g/mol. The van der Waals surface area contributed by atoms with Crippen molar-refractivity contribution in [1.29, 1.82) is 0 Å². The first-order valence-electron chi connectivity index (χ1n) is 9.58. The summed E-state index contributed by atoms with van der Waals surface area (Å²) in [5.74, 6) is 0.675. The van der Waals surface area contributed by atoms with E-state index < -0.39 is 0 Å². The molecule has 1 spiro atoms. The van der Waals surface area contributed by atoms with E-state index in [-0.39, 0.29) is 11.4 Å². The molecule has 1 aromatic rings. The molecule has 1 amide bonds. The van der Waals surface area contributed by atoms with E-state index in [2.05, 4.69) is 46.9 Å². The zero-order chi connectivity index (χ0) is 18.7. The van der Waals surface area contributed by atoms with Gasteiger partial charge in [0.25, 0.3) is 0 Å². The van der Waals surface area contributed by atoms with E-state index >= 15 is 0 Å². The van der Waals surface area contributed by atoms with Crippen LogP contribution in [0.15, 0.2) is 12.7 Å². The van der Waals surface area contributed by atoms with Gasteiger partial charge in [-0.25, -0.2) is 0 Å². The van der Waals surface area contributed by atoms with Crippen LogP contribution in [0.1, 0.15) is 49.6 Å². The Labute approximate surface area is 161 Å². The molecule has 0 N–H and O–H groups in total. The third-order valence-electron chi connectivity index (χ3n) is 5.93. The van der Waals surface area contributed by atoms with Crippen LogP contribution in [-0.2, 0) is 11.3 Å². The van der Waals surface area contributed by atoms with Crippen LogP contribution in [-0.4, -0.2) is 75.5 Å². The van der Waals surface area contributed by atoms with Crippen molar-refractivity contribution >= 4 is 17.4 Å². The molecule has 2 saturated heterocycles. The zero-order valence-corrected chi connectivity index (χ0v) is 17.1. The van der Waals surface area contributed by atoms with Crippen molar-refractivity contribution in [3.05, 3.63) is 23.2 Å². The fourth-order valence-corrected chi connectivity index (χ4v) is 5.06. The van der Waals surface area contributed by atoms with Gasteiger partial charge in [-0.3, -0.25) is 14.6 Å². The standard InChI is InChI=1S/C19H31N5OS/c1-5-9-24-10-8-19(7-6-17(24)25)14-23(12-11-22(19)4)13-16-18(15(2)3)20-21-26-16/h5,15H,1,6-14H2,2-4H3/t19-/m0/s1. The summed E-state index contributed by atoms with van der Waals surface area (Å²) in [6.45, 7) is 13.7. The summed E-state index contributed by atoms with van der Waals surface area (Å²) in [5.41, 5.74) is 1.22. The van der Waals surface area contributed by atoms with Crippen molar-refractivity contribution in [1.82, 2.24) is 24.3 Å². The Morgan fingerprint density at radius 1 is 1.31 bits per heavy atom. The fourth-order valence-electron chi connectivity index (χ4n) is 4.23. The molecule has 2 aliphatic rings. The van der Waals surface area contributed by atoms with E-state index in [4.69, 9.17) is 0 Å². The second kappa shape index (κ2) is 8.15. The van der Waals surface area contributed by atoms with Crippen LogP contribution in [0, 0.1) is 0 Å². The third kappa shape index (κ3) is 4.00. The molecule has 0 saturated carbocycles. The minimum absolute atomic E-state index is 0.0833. The lowest BCUT2D eigenvalue weighted by Crippen LogP contribution is -2.60. The minimum atomic E-state index is 0.0833. The number of hydrogen-bond acceptors (Lipinski definition) is 6. The summed E-state index contributed by atoms with van der Waals surface area (Å²) < 4.78 is 4.18. The lowest BCUT2D eigenvalue weighted by molar-refractivity contribution is -0.130. The second-order valence-electron chi connectivity index (χ2n) is 7.97. The monoisotopic (exact) mass is 377 g/mol. The van der Waals surface area contributed by atoms with Gasteiger partial charge < -0.3 is 4.90 Å². The largest absolute Gasteiger partial charge is 0.339 e. The maximum Gasteiger partial charge on any atom is 0.222 e. The van der Waals surface area contributed by atoms with E-state index in [9.17, 15) is 4.79 Å². The second-order valence-corrected chi connectivity index (χ2v) is 8.81. The third-order valence-corrected chi connectivity index (χ3v) is 6.65. The summed E-state index contributed by atoms with van der Waals surface area (Å²) in [5, 5.41) is 4.33. The van der Waals surface area contributed by atoms with Crippen molar-refractivity contribution in [2.24, 2.45) is 0 Å². The van der Waals surface area contributed by atoms with Gasteiger partial charge in [-0.15, -0.1) is 11.7 Å². The number of amides is 1.